The molecule has 1 atom stereocenters. The van der Waals surface area contributed by atoms with E-state index in [9.17, 15) is 4.79 Å². The molecule has 2 aromatic rings. The maximum atomic E-state index is 12.9. The van der Waals surface area contributed by atoms with Gasteiger partial charge in [0.15, 0.2) is 0 Å². The number of nitrogens with zero attached hydrogens (tertiary/aromatic N) is 1. The quantitative estimate of drug-likeness (QED) is 0.843. The van der Waals surface area contributed by atoms with Crippen molar-refractivity contribution in [3.63, 3.8) is 0 Å². The molecule has 2 heterocycles. The van der Waals surface area contributed by atoms with Crippen molar-refractivity contribution in [1.82, 2.24) is 9.88 Å². The molecule has 1 unspecified atom stereocenters. The third kappa shape index (κ3) is 2.21. The van der Waals surface area contributed by atoms with Crippen LogP contribution >= 0.6 is 0 Å². The van der Waals surface area contributed by atoms with E-state index >= 15 is 0 Å². The molecule has 1 amide bonds. The van der Waals surface area contributed by atoms with Gasteiger partial charge in [0.2, 0.25) is 0 Å². The van der Waals surface area contributed by atoms with Crippen molar-refractivity contribution in [2.45, 2.75) is 33.6 Å². The maximum Gasteiger partial charge on any atom is 0.256 e. The van der Waals surface area contributed by atoms with Gasteiger partial charge in [0.1, 0.15) is 0 Å². The average Bonchev–Trinajstić information content (AvgIpc) is 2.73. The fourth-order valence-electron chi connectivity index (χ4n) is 3.25. The molecule has 0 aliphatic carbocycles. The first-order chi connectivity index (χ1) is 9.56. The van der Waals surface area contributed by atoms with E-state index in [0.29, 0.717) is 5.92 Å². The zero-order chi connectivity index (χ0) is 14.3. The molecule has 3 heteroatoms. The summed E-state index contributed by atoms with van der Waals surface area (Å²) in [5, 5.41) is 1.06. The molecule has 3 rings (SSSR count). The molecule has 1 aromatic carbocycles. The van der Waals surface area contributed by atoms with Crippen LogP contribution in [0, 0.1) is 19.8 Å². The second-order valence-corrected chi connectivity index (χ2v) is 6.17. The van der Waals surface area contributed by atoms with E-state index in [0.717, 1.165) is 41.7 Å². The number of benzene rings is 1. The largest absolute Gasteiger partial charge is 0.358 e. The predicted molar refractivity (Wildman–Crippen MR) is 82.1 cm³/mol. The first kappa shape index (κ1) is 13.2. The summed E-state index contributed by atoms with van der Waals surface area (Å²) in [4.78, 5) is 18.2. The number of likely N-dealkylation sites (tertiary alicyclic amines) is 1. The number of rotatable bonds is 1. The summed E-state index contributed by atoms with van der Waals surface area (Å²) >= 11 is 0. The van der Waals surface area contributed by atoms with Crippen molar-refractivity contribution in [3.8, 4) is 0 Å². The van der Waals surface area contributed by atoms with E-state index in [1.165, 1.54) is 12.0 Å². The summed E-state index contributed by atoms with van der Waals surface area (Å²) in [6.07, 6.45) is 2.35. The first-order valence-electron chi connectivity index (χ1n) is 7.44. The van der Waals surface area contributed by atoms with Crippen molar-refractivity contribution in [2.75, 3.05) is 13.1 Å². The third-order valence-electron chi connectivity index (χ3n) is 4.30. The monoisotopic (exact) mass is 270 g/mol. The number of aryl methyl sites for hydroxylation is 2. The predicted octanol–water partition coefficient (Wildman–Crippen LogP) is 3.66. The van der Waals surface area contributed by atoms with Crippen LogP contribution in [0.1, 0.15) is 41.4 Å². The van der Waals surface area contributed by atoms with Crippen molar-refractivity contribution in [2.24, 2.45) is 5.92 Å². The van der Waals surface area contributed by atoms with Gasteiger partial charge in [-0.05, 0) is 44.7 Å². The lowest BCUT2D eigenvalue weighted by Crippen LogP contribution is -2.39. The molecule has 1 fully saturated rings. The molecule has 20 heavy (non-hydrogen) atoms. The Labute approximate surface area is 120 Å². The van der Waals surface area contributed by atoms with Crippen molar-refractivity contribution in [3.05, 3.63) is 35.0 Å². The van der Waals surface area contributed by atoms with Crippen LogP contribution < -0.4 is 0 Å². The Morgan fingerprint density at radius 1 is 1.35 bits per heavy atom. The van der Waals surface area contributed by atoms with E-state index in [1.807, 2.05) is 11.8 Å². The van der Waals surface area contributed by atoms with Gasteiger partial charge in [-0.15, -0.1) is 0 Å². The summed E-state index contributed by atoms with van der Waals surface area (Å²) in [6.45, 7) is 8.07. The number of piperidine rings is 1. The number of aromatic amines is 1. The molecule has 0 spiro atoms. The molecular formula is C17H22N2O. The standard InChI is InChI=1S/C17H22N2O/c1-11-6-7-15-14(9-11)16(13(3)18-15)17(20)19-8-4-5-12(2)10-19/h6-7,9,12,18H,4-5,8,10H2,1-3H3. The first-order valence-corrected chi connectivity index (χ1v) is 7.44. The Bertz CT molecular complexity index is 656. The average molecular weight is 270 g/mol. The second kappa shape index (κ2) is 4.97. The van der Waals surface area contributed by atoms with Crippen LogP contribution in [0.3, 0.4) is 0 Å². The minimum atomic E-state index is 0.186. The molecule has 0 saturated carbocycles. The SMILES string of the molecule is Cc1ccc2[nH]c(C)c(C(=O)N3CCCC(C)C3)c2c1. The lowest BCUT2D eigenvalue weighted by molar-refractivity contribution is 0.0684. The summed E-state index contributed by atoms with van der Waals surface area (Å²) in [5.41, 5.74) is 4.09. The maximum absolute atomic E-state index is 12.9. The van der Waals surface area contributed by atoms with Crippen LogP contribution in [0.4, 0.5) is 0 Å². The van der Waals surface area contributed by atoms with Gasteiger partial charge in [-0.3, -0.25) is 4.79 Å². The van der Waals surface area contributed by atoms with Crippen LogP contribution in [-0.2, 0) is 0 Å². The van der Waals surface area contributed by atoms with Crippen molar-refractivity contribution >= 4 is 16.8 Å². The Hall–Kier alpha value is -1.77. The number of hydrogen-bond donors (Lipinski definition) is 1. The van der Waals surface area contributed by atoms with E-state index in [-0.39, 0.29) is 5.91 Å². The zero-order valence-corrected chi connectivity index (χ0v) is 12.5. The van der Waals surface area contributed by atoms with Crippen molar-refractivity contribution in [1.29, 1.82) is 0 Å². The number of carbonyl (C=O) groups is 1. The minimum absolute atomic E-state index is 0.186. The van der Waals surface area contributed by atoms with Gasteiger partial charge in [0, 0.05) is 29.7 Å². The van der Waals surface area contributed by atoms with E-state index in [4.69, 9.17) is 0 Å². The van der Waals surface area contributed by atoms with Gasteiger partial charge >= 0.3 is 0 Å². The van der Waals surface area contributed by atoms with Gasteiger partial charge in [-0.1, -0.05) is 18.6 Å². The highest BCUT2D eigenvalue weighted by atomic mass is 16.2. The molecule has 106 valence electrons. The second-order valence-electron chi connectivity index (χ2n) is 6.17. The number of amides is 1. The zero-order valence-electron chi connectivity index (χ0n) is 12.5. The Morgan fingerprint density at radius 3 is 2.90 bits per heavy atom. The van der Waals surface area contributed by atoms with Crippen molar-refractivity contribution < 1.29 is 4.79 Å². The van der Waals surface area contributed by atoms with E-state index in [2.05, 4.69) is 37.0 Å². The smallest absolute Gasteiger partial charge is 0.256 e. The highest BCUT2D eigenvalue weighted by Crippen LogP contribution is 2.26. The Balaban J connectivity index is 2.02. The molecule has 1 aliphatic heterocycles. The molecule has 1 saturated heterocycles. The highest BCUT2D eigenvalue weighted by Gasteiger charge is 2.25. The Morgan fingerprint density at radius 2 is 2.15 bits per heavy atom. The molecule has 1 N–H and O–H groups in total. The van der Waals surface area contributed by atoms with Gasteiger partial charge < -0.3 is 9.88 Å². The number of carbonyl (C=O) groups excluding carboxylic acids is 1. The molecule has 1 aromatic heterocycles. The number of hydrogen-bond acceptors (Lipinski definition) is 1. The number of nitrogens with one attached hydrogen (secondary N) is 1. The molecule has 0 bridgehead atoms. The fraction of sp³-hybridized carbons (Fsp3) is 0.471. The van der Waals surface area contributed by atoms with Crippen LogP contribution in [-0.4, -0.2) is 28.9 Å². The lowest BCUT2D eigenvalue weighted by atomic mass is 9.99. The van der Waals surface area contributed by atoms with E-state index in [1.54, 1.807) is 0 Å². The topological polar surface area (TPSA) is 36.1 Å². The molecule has 1 aliphatic rings. The Kier molecular flexibility index (Phi) is 3.28. The van der Waals surface area contributed by atoms with Crippen LogP contribution in [0.5, 0.6) is 0 Å². The highest BCUT2D eigenvalue weighted by molar-refractivity contribution is 6.08. The number of aromatic nitrogens is 1. The lowest BCUT2D eigenvalue weighted by Gasteiger charge is -2.31. The summed E-state index contributed by atoms with van der Waals surface area (Å²) in [6, 6.07) is 6.25. The normalized spacial score (nSPS) is 19.6. The number of H-pyrrole nitrogens is 1. The van der Waals surface area contributed by atoms with Crippen LogP contribution in [0.25, 0.3) is 10.9 Å². The summed E-state index contributed by atoms with van der Waals surface area (Å²) in [7, 11) is 0. The van der Waals surface area contributed by atoms with Crippen LogP contribution in [0.15, 0.2) is 18.2 Å². The van der Waals surface area contributed by atoms with Gasteiger partial charge in [0.25, 0.3) is 5.91 Å². The van der Waals surface area contributed by atoms with Gasteiger partial charge in [-0.25, -0.2) is 0 Å². The molecule has 0 radical (unpaired) electrons. The third-order valence-corrected chi connectivity index (χ3v) is 4.30. The van der Waals surface area contributed by atoms with Gasteiger partial charge in [0.05, 0.1) is 5.56 Å². The molecular weight excluding hydrogens is 248 g/mol. The minimum Gasteiger partial charge on any atom is -0.358 e. The van der Waals surface area contributed by atoms with E-state index < -0.39 is 0 Å². The van der Waals surface area contributed by atoms with Gasteiger partial charge in [-0.2, -0.15) is 0 Å². The fourth-order valence-corrected chi connectivity index (χ4v) is 3.25. The summed E-state index contributed by atoms with van der Waals surface area (Å²) in [5.74, 6) is 0.797. The van der Waals surface area contributed by atoms with Crippen LogP contribution in [0.2, 0.25) is 0 Å². The number of fused-ring (bicyclic) bond motifs is 1. The molecule has 3 nitrogen and oxygen atoms in total. The summed E-state index contributed by atoms with van der Waals surface area (Å²) < 4.78 is 0.